The highest BCUT2D eigenvalue weighted by atomic mass is 19.1. The first kappa shape index (κ1) is 16.5. The van der Waals surface area contributed by atoms with Crippen LogP contribution in [0.1, 0.15) is 48.4 Å². The van der Waals surface area contributed by atoms with E-state index >= 15 is 0 Å². The van der Waals surface area contributed by atoms with E-state index < -0.39 is 11.8 Å². The Morgan fingerprint density at radius 2 is 2.16 bits per heavy atom. The summed E-state index contributed by atoms with van der Waals surface area (Å²) in [6, 6.07) is 2.56. The van der Waals surface area contributed by atoms with Crippen molar-refractivity contribution in [2.45, 2.75) is 44.9 Å². The quantitative estimate of drug-likeness (QED) is 0.901. The Morgan fingerprint density at radius 1 is 1.44 bits per heavy atom. The highest BCUT2D eigenvalue weighted by Crippen LogP contribution is 2.32. The molecular formula is C18H22FN3O3. The molecule has 134 valence electrons. The minimum Gasteiger partial charge on any atom is -0.478 e. The third kappa shape index (κ3) is 2.91. The Kier molecular flexibility index (Phi) is 4.21. The number of carbonyl (C=O) groups is 1. The van der Waals surface area contributed by atoms with Crippen molar-refractivity contribution < 1.29 is 19.0 Å². The molecule has 0 saturated carbocycles. The van der Waals surface area contributed by atoms with E-state index in [1.807, 2.05) is 11.5 Å². The predicted octanol–water partition coefficient (Wildman–Crippen LogP) is 2.82. The van der Waals surface area contributed by atoms with Crippen LogP contribution < -0.4 is 0 Å². The predicted molar refractivity (Wildman–Crippen MR) is 90.2 cm³/mol. The molecule has 1 N–H and O–H groups in total. The molecule has 0 radical (unpaired) electrons. The van der Waals surface area contributed by atoms with Crippen LogP contribution in [0.2, 0.25) is 0 Å². The SMILES string of the molecule is C[C@H]([C@@H]1CCO1)n1c(CN2CCCC2)nc2c(F)cc(C(=O)O)cc21. The number of halogens is 1. The number of hydrogen-bond donors (Lipinski definition) is 1. The van der Waals surface area contributed by atoms with Gasteiger partial charge in [-0.05, 0) is 51.4 Å². The lowest BCUT2D eigenvalue weighted by Gasteiger charge is -2.34. The molecule has 1 aromatic carbocycles. The second-order valence-corrected chi connectivity index (χ2v) is 6.95. The first-order valence-electron chi connectivity index (χ1n) is 8.82. The summed E-state index contributed by atoms with van der Waals surface area (Å²) in [7, 11) is 0. The minimum atomic E-state index is -1.14. The summed E-state index contributed by atoms with van der Waals surface area (Å²) in [5.74, 6) is -0.943. The van der Waals surface area contributed by atoms with Crippen LogP contribution in [0.4, 0.5) is 4.39 Å². The van der Waals surface area contributed by atoms with E-state index in [9.17, 15) is 14.3 Å². The number of carboxylic acids is 1. The Hall–Kier alpha value is -1.99. The number of aromatic carboxylic acids is 1. The van der Waals surface area contributed by atoms with Gasteiger partial charge in [0.05, 0.1) is 29.8 Å². The molecule has 3 heterocycles. The van der Waals surface area contributed by atoms with Gasteiger partial charge in [-0.1, -0.05) is 0 Å². The van der Waals surface area contributed by atoms with Gasteiger partial charge in [0, 0.05) is 6.61 Å². The van der Waals surface area contributed by atoms with Gasteiger partial charge in [-0.25, -0.2) is 14.2 Å². The summed E-state index contributed by atoms with van der Waals surface area (Å²) in [5, 5.41) is 9.27. The summed E-state index contributed by atoms with van der Waals surface area (Å²) >= 11 is 0. The van der Waals surface area contributed by atoms with Crippen molar-refractivity contribution in [2.75, 3.05) is 19.7 Å². The third-order valence-electron chi connectivity index (χ3n) is 5.31. The number of fused-ring (bicyclic) bond motifs is 1. The smallest absolute Gasteiger partial charge is 0.335 e. The summed E-state index contributed by atoms with van der Waals surface area (Å²) in [5.41, 5.74) is 0.723. The molecule has 2 atom stereocenters. The number of rotatable bonds is 5. The highest BCUT2D eigenvalue weighted by molar-refractivity contribution is 5.92. The Balaban J connectivity index is 1.83. The van der Waals surface area contributed by atoms with Gasteiger partial charge < -0.3 is 14.4 Å². The number of ether oxygens (including phenoxy) is 1. The van der Waals surface area contributed by atoms with Crippen molar-refractivity contribution >= 4 is 17.0 Å². The number of benzene rings is 1. The maximum Gasteiger partial charge on any atom is 0.335 e. The van der Waals surface area contributed by atoms with Gasteiger partial charge in [-0.15, -0.1) is 0 Å². The van der Waals surface area contributed by atoms with E-state index in [0.29, 0.717) is 12.1 Å². The van der Waals surface area contributed by atoms with E-state index in [2.05, 4.69) is 9.88 Å². The number of imidazole rings is 1. The zero-order valence-electron chi connectivity index (χ0n) is 14.2. The molecule has 0 aliphatic carbocycles. The molecule has 0 bridgehead atoms. The fourth-order valence-electron chi connectivity index (χ4n) is 3.83. The van der Waals surface area contributed by atoms with Gasteiger partial charge in [-0.2, -0.15) is 0 Å². The highest BCUT2D eigenvalue weighted by Gasteiger charge is 2.30. The van der Waals surface area contributed by atoms with Crippen molar-refractivity contribution in [1.29, 1.82) is 0 Å². The van der Waals surface area contributed by atoms with E-state index in [1.54, 1.807) is 0 Å². The lowest BCUT2D eigenvalue weighted by Crippen LogP contribution is -2.36. The lowest BCUT2D eigenvalue weighted by molar-refractivity contribution is -0.0761. The second kappa shape index (κ2) is 6.38. The Morgan fingerprint density at radius 3 is 2.76 bits per heavy atom. The zero-order chi connectivity index (χ0) is 17.6. The number of likely N-dealkylation sites (tertiary alicyclic amines) is 1. The minimum absolute atomic E-state index is 0.0141. The fraction of sp³-hybridized carbons (Fsp3) is 0.556. The van der Waals surface area contributed by atoms with Gasteiger partial charge in [0.2, 0.25) is 0 Å². The van der Waals surface area contributed by atoms with Crippen molar-refractivity contribution in [2.24, 2.45) is 0 Å². The van der Waals surface area contributed by atoms with Gasteiger partial charge >= 0.3 is 5.97 Å². The second-order valence-electron chi connectivity index (χ2n) is 6.95. The van der Waals surface area contributed by atoms with Crippen molar-refractivity contribution in [3.8, 4) is 0 Å². The molecule has 2 saturated heterocycles. The maximum atomic E-state index is 14.5. The van der Waals surface area contributed by atoms with Gasteiger partial charge in [0.15, 0.2) is 5.82 Å². The van der Waals surface area contributed by atoms with Crippen LogP contribution in [-0.2, 0) is 11.3 Å². The molecule has 0 unspecified atom stereocenters. The first-order chi connectivity index (χ1) is 12.0. The molecule has 0 amide bonds. The zero-order valence-corrected chi connectivity index (χ0v) is 14.2. The Bertz CT molecular complexity index is 809. The van der Waals surface area contributed by atoms with Crippen LogP contribution >= 0.6 is 0 Å². The maximum absolute atomic E-state index is 14.5. The van der Waals surface area contributed by atoms with Crippen molar-refractivity contribution in [3.05, 3.63) is 29.3 Å². The standard InChI is InChI=1S/C18H22FN3O3/c1-11(15-4-7-25-15)22-14-9-12(18(23)24)8-13(19)17(14)20-16(22)10-21-5-2-3-6-21/h8-9,11,15H,2-7,10H2,1H3,(H,23,24)/t11-,15+/m1/s1. The van der Waals surface area contributed by atoms with Crippen LogP contribution in [-0.4, -0.2) is 51.3 Å². The first-order valence-corrected chi connectivity index (χ1v) is 8.82. The van der Waals surface area contributed by atoms with Gasteiger partial charge in [0.25, 0.3) is 0 Å². The molecule has 1 aromatic heterocycles. The monoisotopic (exact) mass is 347 g/mol. The van der Waals surface area contributed by atoms with Crippen LogP contribution in [0.15, 0.2) is 12.1 Å². The Labute approximate surface area is 145 Å². The van der Waals surface area contributed by atoms with E-state index in [1.165, 1.54) is 18.9 Å². The number of aromatic nitrogens is 2. The van der Waals surface area contributed by atoms with E-state index in [0.717, 1.165) is 38.0 Å². The third-order valence-corrected chi connectivity index (χ3v) is 5.31. The number of nitrogens with zero attached hydrogens (tertiary/aromatic N) is 3. The van der Waals surface area contributed by atoms with E-state index in [-0.39, 0.29) is 23.2 Å². The van der Waals surface area contributed by atoms with Crippen LogP contribution in [0, 0.1) is 5.82 Å². The van der Waals surface area contributed by atoms with Crippen molar-refractivity contribution in [3.63, 3.8) is 0 Å². The molecule has 25 heavy (non-hydrogen) atoms. The largest absolute Gasteiger partial charge is 0.478 e. The normalized spacial score (nSPS) is 22.2. The summed E-state index contributed by atoms with van der Waals surface area (Å²) in [6.07, 6.45) is 3.34. The molecule has 6 nitrogen and oxygen atoms in total. The average Bonchev–Trinajstić information content (AvgIpc) is 3.13. The van der Waals surface area contributed by atoms with Crippen molar-refractivity contribution in [1.82, 2.24) is 14.5 Å². The number of hydrogen-bond acceptors (Lipinski definition) is 4. The average molecular weight is 347 g/mol. The topological polar surface area (TPSA) is 67.6 Å². The summed E-state index contributed by atoms with van der Waals surface area (Å²) in [4.78, 5) is 18.2. The molecule has 2 aliphatic rings. The van der Waals surface area contributed by atoms with Crippen LogP contribution in [0.3, 0.4) is 0 Å². The molecule has 2 aromatic rings. The van der Waals surface area contributed by atoms with Gasteiger partial charge in [-0.3, -0.25) is 4.90 Å². The lowest BCUT2D eigenvalue weighted by atomic mass is 10.1. The number of carboxylic acid groups (broad SMARTS) is 1. The molecule has 2 fully saturated rings. The van der Waals surface area contributed by atoms with Crippen LogP contribution in [0.25, 0.3) is 11.0 Å². The molecule has 0 spiro atoms. The van der Waals surface area contributed by atoms with Gasteiger partial charge in [0.1, 0.15) is 11.3 Å². The summed E-state index contributed by atoms with van der Waals surface area (Å²) < 4.78 is 22.1. The molecule has 4 rings (SSSR count). The fourth-order valence-corrected chi connectivity index (χ4v) is 3.83. The van der Waals surface area contributed by atoms with Crippen LogP contribution in [0.5, 0.6) is 0 Å². The molecular weight excluding hydrogens is 325 g/mol. The summed E-state index contributed by atoms with van der Waals surface area (Å²) in [6.45, 7) is 5.44. The van der Waals surface area contributed by atoms with E-state index in [4.69, 9.17) is 4.74 Å². The molecule has 2 aliphatic heterocycles. The molecule has 7 heteroatoms.